The number of amides is 2. The summed E-state index contributed by atoms with van der Waals surface area (Å²) in [6.45, 7) is 0. The molecule has 2 N–H and O–H groups in total. The topological polar surface area (TPSA) is 97.4 Å². The average molecular weight is 501 g/mol. The summed E-state index contributed by atoms with van der Waals surface area (Å²) in [6, 6.07) is 14.8. The van der Waals surface area contributed by atoms with E-state index in [2.05, 4.69) is 42.9 Å². The van der Waals surface area contributed by atoms with Gasteiger partial charge in [0.15, 0.2) is 0 Å². The maximum Gasteiger partial charge on any atom is 0.337 e. The molecule has 3 aromatic rings. The Bertz CT molecular complexity index is 1050. The van der Waals surface area contributed by atoms with E-state index >= 15 is 0 Å². The van der Waals surface area contributed by atoms with E-state index in [-0.39, 0.29) is 5.91 Å². The number of anilines is 2. The van der Waals surface area contributed by atoms with Crippen LogP contribution in [0.5, 0.6) is 0 Å². The summed E-state index contributed by atoms with van der Waals surface area (Å²) in [5.41, 5.74) is 1.96. The van der Waals surface area contributed by atoms with Crippen LogP contribution in [0, 0.1) is 3.57 Å². The molecule has 2 amide bonds. The van der Waals surface area contributed by atoms with Crippen molar-refractivity contribution < 1.29 is 19.1 Å². The third-order valence-corrected chi connectivity index (χ3v) is 4.63. The molecular weight excluding hydrogens is 485 g/mol. The summed E-state index contributed by atoms with van der Waals surface area (Å²) in [6.07, 6.45) is 3.02. The standard InChI is InChI=1S/C21H16IN3O4/c1-29-21(28)13-4-7-16(8-5-13)24-20(27)17-11-15(22)6-9-18(17)25-19(26)14-3-2-10-23-12-14/h2-12H,1H3,(H,24,27)(H,25,26). The van der Waals surface area contributed by atoms with E-state index < -0.39 is 11.9 Å². The minimum atomic E-state index is -0.458. The smallest absolute Gasteiger partial charge is 0.337 e. The van der Waals surface area contributed by atoms with Crippen LogP contribution >= 0.6 is 22.6 Å². The van der Waals surface area contributed by atoms with Crippen LogP contribution in [0.15, 0.2) is 67.0 Å². The number of rotatable bonds is 5. The van der Waals surface area contributed by atoms with E-state index in [0.29, 0.717) is 28.1 Å². The Balaban J connectivity index is 1.80. The minimum absolute atomic E-state index is 0.311. The Morgan fingerprint density at radius 2 is 1.69 bits per heavy atom. The molecule has 0 atom stereocenters. The van der Waals surface area contributed by atoms with Crippen molar-refractivity contribution >= 4 is 51.7 Å². The van der Waals surface area contributed by atoms with E-state index in [1.165, 1.54) is 13.3 Å². The predicted octanol–water partition coefficient (Wildman–Crippen LogP) is 3.98. The lowest BCUT2D eigenvalue weighted by Crippen LogP contribution is -2.18. The monoisotopic (exact) mass is 501 g/mol. The Hall–Kier alpha value is -3.27. The Kier molecular flexibility index (Phi) is 6.55. The zero-order valence-corrected chi connectivity index (χ0v) is 17.5. The fraction of sp³-hybridized carbons (Fsp3) is 0.0476. The fourth-order valence-electron chi connectivity index (χ4n) is 2.51. The summed E-state index contributed by atoms with van der Waals surface area (Å²) in [7, 11) is 1.30. The number of carbonyl (C=O) groups excluding carboxylic acids is 3. The van der Waals surface area contributed by atoms with Crippen molar-refractivity contribution in [2.45, 2.75) is 0 Å². The Morgan fingerprint density at radius 1 is 0.931 bits per heavy atom. The predicted molar refractivity (Wildman–Crippen MR) is 117 cm³/mol. The van der Waals surface area contributed by atoms with Gasteiger partial charge in [-0.1, -0.05) is 0 Å². The number of methoxy groups -OCH3 is 1. The van der Waals surface area contributed by atoms with Gasteiger partial charge < -0.3 is 15.4 Å². The summed E-state index contributed by atoms with van der Waals surface area (Å²) in [4.78, 5) is 40.7. The lowest BCUT2D eigenvalue weighted by Gasteiger charge is -2.12. The van der Waals surface area contributed by atoms with Crippen LogP contribution in [0.1, 0.15) is 31.1 Å². The summed E-state index contributed by atoms with van der Waals surface area (Å²) in [5, 5.41) is 5.51. The first-order valence-electron chi connectivity index (χ1n) is 8.48. The first kappa shape index (κ1) is 20.5. The molecule has 0 spiro atoms. The van der Waals surface area contributed by atoms with Gasteiger partial charge >= 0.3 is 5.97 Å². The maximum absolute atomic E-state index is 12.8. The molecule has 2 aromatic carbocycles. The van der Waals surface area contributed by atoms with E-state index in [1.54, 1.807) is 60.8 Å². The summed E-state index contributed by atoms with van der Waals surface area (Å²) < 4.78 is 5.50. The van der Waals surface area contributed by atoms with Crippen LogP contribution in [-0.4, -0.2) is 29.9 Å². The van der Waals surface area contributed by atoms with Crippen LogP contribution < -0.4 is 10.6 Å². The number of ether oxygens (including phenoxy) is 1. The van der Waals surface area contributed by atoms with E-state index in [0.717, 1.165) is 3.57 Å². The quantitative estimate of drug-likeness (QED) is 0.408. The normalized spacial score (nSPS) is 10.1. The average Bonchev–Trinajstić information content (AvgIpc) is 2.75. The van der Waals surface area contributed by atoms with Crippen molar-refractivity contribution in [2.24, 2.45) is 0 Å². The number of hydrogen-bond acceptors (Lipinski definition) is 5. The van der Waals surface area contributed by atoms with Crippen molar-refractivity contribution in [3.05, 3.63) is 87.3 Å². The Morgan fingerprint density at radius 3 is 2.34 bits per heavy atom. The molecule has 8 heteroatoms. The largest absolute Gasteiger partial charge is 0.465 e. The van der Waals surface area contributed by atoms with Gasteiger partial charge in [0.05, 0.1) is 29.5 Å². The van der Waals surface area contributed by atoms with Gasteiger partial charge in [-0.05, 0) is 77.2 Å². The number of halogens is 1. The van der Waals surface area contributed by atoms with Gasteiger partial charge in [0, 0.05) is 21.7 Å². The third kappa shape index (κ3) is 5.17. The van der Waals surface area contributed by atoms with Crippen LogP contribution in [0.4, 0.5) is 11.4 Å². The maximum atomic E-state index is 12.8. The van der Waals surface area contributed by atoms with Crippen molar-refractivity contribution in [3.8, 4) is 0 Å². The van der Waals surface area contributed by atoms with Crippen molar-refractivity contribution in [1.29, 1.82) is 0 Å². The zero-order valence-electron chi connectivity index (χ0n) is 15.3. The molecule has 1 aromatic heterocycles. The van der Waals surface area contributed by atoms with Crippen LogP contribution in [0.2, 0.25) is 0 Å². The zero-order chi connectivity index (χ0) is 20.8. The summed E-state index contributed by atoms with van der Waals surface area (Å²) in [5.74, 6) is -1.22. The van der Waals surface area contributed by atoms with Crippen LogP contribution in [-0.2, 0) is 4.74 Å². The molecule has 0 aliphatic rings. The lowest BCUT2D eigenvalue weighted by atomic mass is 10.1. The van der Waals surface area contributed by atoms with E-state index in [9.17, 15) is 14.4 Å². The van der Waals surface area contributed by atoms with Crippen molar-refractivity contribution in [2.75, 3.05) is 17.7 Å². The van der Waals surface area contributed by atoms with Gasteiger partial charge in [0.2, 0.25) is 0 Å². The molecule has 0 aliphatic carbocycles. The second kappa shape index (κ2) is 9.28. The van der Waals surface area contributed by atoms with E-state index in [1.807, 2.05) is 0 Å². The number of benzene rings is 2. The van der Waals surface area contributed by atoms with Crippen molar-refractivity contribution in [3.63, 3.8) is 0 Å². The highest BCUT2D eigenvalue weighted by atomic mass is 127. The first-order chi connectivity index (χ1) is 14.0. The van der Waals surface area contributed by atoms with Gasteiger partial charge in [-0.25, -0.2) is 4.79 Å². The fourth-order valence-corrected chi connectivity index (χ4v) is 3.00. The van der Waals surface area contributed by atoms with Gasteiger partial charge in [0.1, 0.15) is 0 Å². The van der Waals surface area contributed by atoms with Gasteiger partial charge in [-0.2, -0.15) is 0 Å². The molecule has 0 unspecified atom stereocenters. The molecule has 3 rings (SSSR count). The molecule has 7 nitrogen and oxygen atoms in total. The number of hydrogen-bond donors (Lipinski definition) is 2. The number of pyridine rings is 1. The van der Waals surface area contributed by atoms with Crippen LogP contribution in [0.3, 0.4) is 0 Å². The van der Waals surface area contributed by atoms with Crippen LogP contribution in [0.25, 0.3) is 0 Å². The van der Waals surface area contributed by atoms with Gasteiger partial charge in [-0.15, -0.1) is 0 Å². The molecule has 0 saturated carbocycles. The third-order valence-electron chi connectivity index (χ3n) is 3.96. The van der Waals surface area contributed by atoms with Gasteiger partial charge in [-0.3, -0.25) is 14.6 Å². The highest BCUT2D eigenvalue weighted by Gasteiger charge is 2.16. The highest BCUT2D eigenvalue weighted by Crippen LogP contribution is 2.22. The summed E-state index contributed by atoms with van der Waals surface area (Å²) >= 11 is 2.09. The molecule has 0 aliphatic heterocycles. The second-order valence-electron chi connectivity index (χ2n) is 5.91. The first-order valence-corrected chi connectivity index (χ1v) is 9.56. The molecule has 0 fully saturated rings. The van der Waals surface area contributed by atoms with Gasteiger partial charge in [0.25, 0.3) is 11.8 Å². The second-order valence-corrected chi connectivity index (χ2v) is 7.15. The SMILES string of the molecule is COC(=O)c1ccc(NC(=O)c2cc(I)ccc2NC(=O)c2cccnc2)cc1. The molecular formula is C21H16IN3O4. The molecule has 146 valence electrons. The minimum Gasteiger partial charge on any atom is -0.465 e. The lowest BCUT2D eigenvalue weighted by molar-refractivity contribution is 0.0600. The molecule has 29 heavy (non-hydrogen) atoms. The molecule has 0 saturated heterocycles. The number of nitrogens with one attached hydrogen (secondary N) is 2. The highest BCUT2D eigenvalue weighted by molar-refractivity contribution is 14.1. The Labute approximate surface area is 180 Å². The molecule has 1 heterocycles. The van der Waals surface area contributed by atoms with E-state index in [4.69, 9.17) is 0 Å². The number of aromatic nitrogens is 1. The number of nitrogens with zero attached hydrogens (tertiary/aromatic N) is 1. The van der Waals surface area contributed by atoms with Crippen molar-refractivity contribution in [1.82, 2.24) is 4.98 Å². The number of esters is 1. The molecule has 0 radical (unpaired) electrons. The molecule has 0 bridgehead atoms. The number of carbonyl (C=O) groups is 3.